The molecule has 0 saturated carbocycles. The normalized spacial score (nSPS) is 16.8. The van der Waals surface area contributed by atoms with Gasteiger partial charge in [0.1, 0.15) is 17.8 Å². The van der Waals surface area contributed by atoms with Crippen molar-refractivity contribution in [2.45, 2.75) is 25.9 Å². The molecular weight excluding hydrogens is 328 g/mol. The Hall–Kier alpha value is -2.18. The molecule has 1 aliphatic heterocycles. The van der Waals surface area contributed by atoms with Gasteiger partial charge in [-0.05, 0) is 37.5 Å². The van der Waals surface area contributed by atoms with Crippen LogP contribution < -0.4 is 10.6 Å². The predicted octanol–water partition coefficient (Wildman–Crippen LogP) is 3.28. The molecule has 2 aromatic rings. The van der Waals surface area contributed by atoms with Gasteiger partial charge in [-0.3, -0.25) is 4.79 Å². The van der Waals surface area contributed by atoms with Crippen molar-refractivity contribution in [1.82, 2.24) is 9.97 Å². The van der Waals surface area contributed by atoms with Gasteiger partial charge >= 0.3 is 0 Å². The second kappa shape index (κ2) is 7.59. The quantitative estimate of drug-likeness (QED) is 0.868. The number of aryl methyl sites for hydroxylation is 1. The van der Waals surface area contributed by atoms with Crippen molar-refractivity contribution in [2.75, 3.05) is 23.8 Å². The summed E-state index contributed by atoms with van der Waals surface area (Å²) in [4.78, 5) is 20.5. The summed E-state index contributed by atoms with van der Waals surface area (Å²) in [7, 11) is 0. The number of hydrogen-bond donors (Lipinski definition) is 2. The Bertz CT molecular complexity index is 732. The van der Waals surface area contributed by atoms with Crippen molar-refractivity contribution in [3.63, 3.8) is 0 Å². The van der Waals surface area contributed by atoms with Crippen molar-refractivity contribution in [2.24, 2.45) is 0 Å². The summed E-state index contributed by atoms with van der Waals surface area (Å²) in [5, 5.41) is 6.58. The van der Waals surface area contributed by atoms with E-state index in [1.165, 1.54) is 6.33 Å². The van der Waals surface area contributed by atoms with Crippen molar-refractivity contribution in [3.8, 4) is 0 Å². The number of ether oxygens (including phenoxy) is 1. The largest absolute Gasteiger partial charge is 0.376 e. The first-order valence-electron chi connectivity index (χ1n) is 7.87. The molecule has 1 fully saturated rings. The van der Waals surface area contributed by atoms with Crippen LogP contribution in [0, 0.1) is 6.92 Å². The van der Waals surface area contributed by atoms with Gasteiger partial charge in [-0.2, -0.15) is 0 Å². The molecule has 24 heavy (non-hydrogen) atoms. The maximum absolute atomic E-state index is 12.3. The van der Waals surface area contributed by atoms with Crippen LogP contribution >= 0.6 is 11.6 Å². The van der Waals surface area contributed by atoms with Crippen LogP contribution in [-0.4, -0.2) is 35.1 Å². The fourth-order valence-corrected chi connectivity index (χ4v) is 2.65. The van der Waals surface area contributed by atoms with E-state index in [1.807, 2.05) is 13.0 Å². The highest BCUT2D eigenvalue weighted by Crippen LogP contribution is 2.20. The molecule has 0 radical (unpaired) electrons. The number of benzene rings is 1. The Kier molecular flexibility index (Phi) is 5.27. The van der Waals surface area contributed by atoms with Gasteiger partial charge in [0.25, 0.3) is 5.91 Å². The molecule has 2 N–H and O–H groups in total. The standard InChI is InChI=1S/C17H19ClN4O2/c1-11-4-5-12(7-14(11)18)22-17(23)15-8-16(21-10-20-15)19-9-13-3-2-6-24-13/h4-5,7-8,10,13H,2-3,6,9H2,1H3,(H,22,23)(H,19,20,21). The summed E-state index contributed by atoms with van der Waals surface area (Å²) in [5.74, 6) is 0.296. The zero-order valence-electron chi connectivity index (χ0n) is 13.4. The number of rotatable bonds is 5. The molecule has 0 aliphatic carbocycles. The minimum atomic E-state index is -0.308. The van der Waals surface area contributed by atoms with E-state index < -0.39 is 0 Å². The second-order valence-electron chi connectivity index (χ2n) is 5.72. The number of aromatic nitrogens is 2. The van der Waals surface area contributed by atoms with Crippen LogP contribution in [0.3, 0.4) is 0 Å². The number of halogens is 1. The molecule has 1 atom stereocenters. The van der Waals surface area contributed by atoms with Gasteiger partial charge in [0.05, 0.1) is 6.10 Å². The van der Waals surface area contributed by atoms with Crippen LogP contribution in [0.1, 0.15) is 28.9 Å². The fourth-order valence-electron chi connectivity index (χ4n) is 2.47. The Morgan fingerprint density at radius 3 is 3.00 bits per heavy atom. The molecular formula is C17H19ClN4O2. The highest BCUT2D eigenvalue weighted by Gasteiger charge is 2.16. The molecule has 1 aliphatic rings. The third-order valence-corrected chi connectivity index (χ3v) is 4.27. The fraction of sp³-hybridized carbons (Fsp3) is 0.353. The smallest absolute Gasteiger partial charge is 0.274 e. The molecule has 0 spiro atoms. The van der Waals surface area contributed by atoms with Gasteiger partial charge in [-0.1, -0.05) is 17.7 Å². The molecule has 126 valence electrons. The first kappa shape index (κ1) is 16.7. The lowest BCUT2D eigenvalue weighted by Crippen LogP contribution is -2.20. The Morgan fingerprint density at radius 2 is 2.25 bits per heavy atom. The lowest BCUT2D eigenvalue weighted by molar-refractivity contribution is 0.102. The topological polar surface area (TPSA) is 76.1 Å². The summed E-state index contributed by atoms with van der Waals surface area (Å²) in [6, 6.07) is 7.00. The van der Waals surface area contributed by atoms with E-state index in [4.69, 9.17) is 16.3 Å². The SMILES string of the molecule is Cc1ccc(NC(=O)c2cc(NCC3CCCO3)ncn2)cc1Cl. The third-order valence-electron chi connectivity index (χ3n) is 3.86. The molecule has 1 aromatic heterocycles. The van der Waals surface area contributed by atoms with Crippen LogP contribution in [0.15, 0.2) is 30.6 Å². The van der Waals surface area contributed by atoms with E-state index in [2.05, 4.69) is 20.6 Å². The van der Waals surface area contributed by atoms with E-state index in [0.717, 1.165) is 25.0 Å². The molecule has 1 amide bonds. The molecule has 7 heteroatoms. The number of carbonyl (C=O) groups excluding carboxylic acids is 1. The second-order valence-corrected chi connectivity index (χ2v) is 6.13. The van der Waals surface area contributed by atoms with Gasteiger partial charge < -0.3 is 15.4 Å². The maximum atomic E-state index is 12.3. The summed E-state index contributed by atoms with van der Waals surface area (Å²) >= 11 is 6.07. The van der Waals surface area contributed by atoms with Crippen LogP contribution in [0.5, 0.6) is 0 Å². The number of carbonyl (C=O) groups is 1. The maximum Gasteiger partial charge on any atom is 0.274 e. The van der Waals surface area contributed by atoms with E-state index in [9.17, 15) is 4.79 Å². The lowest BCUT2D eigenvalue weighted by atomic mass is 10.2. The van der Waals surface area contributed by atoms with Gasteiger partial charge in [0, 0.05) is 29.9 Å². The Morgan fingerprint density at radius 1 is 1.38 bits per heavy atom. The zero-order valence-corrected chi connectivity index (χ0v) is 14.1. The number of nitrogens with zero attached hydrogens (tertiary/aromatic N) is 2. The highest BCUT2D eigenvalue weighted by atomic mass is 35.5. The molecule has 3 rings (SSSR count). The number of anilines is 2. The number of amides is 1. The van der Waals surface area contributed by atoms with Crippen LogP contribution in [0.25, 0.3) is 0 Å². The van der Waals surface area contributed by atoms with Crippen molar-refractivity contribution >= 4 is 29.0 Å². The minimum Gasteiger partial charge on any atom is -0.376 e. The molecule has 0 bridgehead atoms. The van der Waals surface area contributed by atoms with Crippen molar-refractivity contribution in [3.05, 3.63) is 46.9 Å². The van der Waals surface area contributed by atoms with Gasteiger partial charge in [-0.15, -0.1) is 0 Å². The molecule has 1 saturated heterocycles. The van der Waals surface area contributed by atoms with Crippen LogP contribution in [0.2, 0.25) is 5.02 Å². The Balaban J connectivity index is 1.63. The first-order valence-corrected chi connectivity index (χ1v) is 8.24. The third kappa shape index (κ3) is 4.21. The van der Waals surface area contributed by atoms with Crippen molar-refractivity contribution in [1.29, 1.82) is 0 Å². The average Bonchev–Trinajstić information content (AvgIpc) is 3.10. The summed E-state index contributed by atoms with van der Waals surface area (Å²) in [6.45, 7) is 3.39. The molecule has 1 aromatic carbocycles. The highest BCUT2D eigenvalue weighted by molar-refractivity contribution is 6.31. The van der Waals surface area contributed by atoms with Gasteiger partial charge in [0.2, 0.25) is 0 Å². The molecule has 2 heterocycles. The van der Waals surface area contributed by atoms with Crippen LogP contribution in [0.4, 0.5) is 11.5 Å². The van der Waals surface area contributed by atoms with E-state index >= 15 is 0 Å². The number of hydrogen-bond acceptors (Lipinski definition) is 5. The monoisotopic (exact) mass is 346 g/mol. The zero-order chi connectivity index (χ0) is 16.9. The molecule has 1 unspecified atom stereocenters. The molecule has 6 nitrogen and oxygen atoms in total. The number of nitrogens with one attached hydrogen (secondary N) is 2. The average molecular weight is 347 g/mol. The minimum absolute atomic E-state index is 0.201. The lowest BCUT2D eigenvalue weighted by Gasteiger charge is -2.11. The van der Waals surface area contributed by atoms with Gasteiger partial charge in [0.15, 0.2) is 0 Å². The Labute approximate surface area is 145 Å². The van der Waals surface area contributed by atoms with Crippen molar-refractivity contribution < 1.29 is 9.53 Å². The first-order chi connectivity index (χ1) is 11.6. The summed E-state index contributed by atoms with van der Waals surface area (Å²) < 4.78 is 5.55. The summed E-state index contributed by atoms with van der Waals surface area (Å²) in [6.07, 6.45) is 3.70. The van der Waals surface area contributed by atoms with Crippen LogP contribution in [-0.2, 0) is 4.74 Å². The van der Waals surface area contributed by atoms with E-state index in [1.54, 1.807) is 18.2 Å². The van der Waals surface area contributed by atoms with E-state index in [0.29, 0.717) is 23.1 Å². The summed E-state index contributed by atoms with van der Waals surface area (Å²) in [5.41, 5.74) is 1.87. The predicted molar refractivity (Wildman–Crippen MR) is 93.6 cm³/mol. The van der Waals surface area contributed by atoms with E-state index in [-0.39, 0.29) is 17.7 Å². The van der Waals surface area contributed by atoms with Gasteiger partial charge in [-0.25, -0.2) is 9.97 Å².